The average Bonchev–Trinajstić information content (AvgIpc) is 2.47. The van der Waals surface area contributed by atoms with Crippen LogP contribution < -0.4 is 0 Å². The molecule has 6 heteroatoms. The summed E-state index contributed by atoms with van der Waals surface area (Å²) < 4.78 is 5.30. The first-order chi connectivity index (χ1) is 9.10. The van der Waals surface area contributed by atoms with E-state index in [9.17, 15) is 15.3 Å². The molecule has 0 aromatic heterocycles. The van der Waals surface area contributed by atoms with Gasteiger partial charge in [0.1, 0.15) is 24.4 Å². The van der Waals surface area contributed by atoms with Crippen LogP contribution in [0, 0.1) is 0 Å². The minimum Gasteiger partial charge on any atom is -0.394 e. The van der Waals surface area contributed by atoms with E-state index in [-0.39, 0.29) is 6.61 Å². The third-order valence-electron chi connectivity index (χ3n) is 2.80. The van der Waals surface area contributed by atoms with Gasteiger partial charge in [0.2, 0.25) is 0 Å². The molecule has 1 aromatic rings. The van der Waals surface area contributed by atoms with Crippen molar-refractivity contribution in [2.75, 3.05) is 13.2 Å². The monoisotopic (exact) mass is 272 g/mol. The summed E-state index contributed by atoms with van der Waals surface area (Å²) in [5.41, 5.74) is 0.852. The Kier molecular flexibility index (Phi) is 6.93. The lowest BCUT2D eigenvalue weighted by atomic mass is 10.0. The van der Waals surface area contributed by atoms with Crippen LogP contribution in [0.1, 0.15) is 5.56 Å². The van der Waals surface area contributed by atoms with Gasteiger partial charge in [0.05, 0.1) is 19.8 Å². The van der Waals surface area contributed by atoms with Crippen molar-refractivity contribution < 1.29 is 30.3 Å². The Morgan fingerprint density at radius 2 is 1.53 bits per heavy atom. The summed E-state index contributed by atoms with van der Waals surface area (Å²) >= 11 is 0. The topological polar surface area (TPSA) is 110 Å². The number of ether oxygens (including phenoxy) is 1. The molecule has 0 radical (unpaired) electrons. The van der Waals surface area contributed by atoms with E-state index < -0.39 is 37.6 Å². The predicted octanol–water partition coefficient (Wildman–Crippen LogP) is -1.36. The first-order valence-corrected chi connectivity index (χ1v) is 6.01. The van der Waals surface area contributed by atoms with Crippen LogP contribution in [0.2, 0.25) is 0 Å². The highest BCUT2D eigenvalue weighted by molar-refractivity contribution is 5.13. The van der Waals surface area contributed by atoms with Crippen molar-refractivity contribution >= 4 is 0 Å². The summed E-state index contributed by atoms with van der Waals surface area (Å²) in [5.74, 6) is 0. The summed E-state index contributed by atoms with van der Waals surface area (Å²) in [7, 11) is 0. The quantitative estimate of drug-likeness (QED) is 0.400. The Bertz CT molecular complexity index is 344. The van der Waals surface area contributed by atoms with E-state index in [1.54, 1.807) is 0 Å². The van der Waals surface area contributed by atoms with Crippen LogP contribution in [0.25, 0.3) is 0 Å². The van der Waals surface area contributed by atoms with E-state index in [0.717, 1.165) is 5.56 Å². The SMILES string of the molecule is OC[C@@H](O)[C@@H](O)[C@H](O)[C@H](CO)OCc1ccccc1. The zero-order chi connectivity index (χ0) is 14.3. The van der Waals surface area contributed by atoms with Crippen LogP contribution in [0.5, 0.6) is 0 Å². The number of benzene rings is 1. The number of aliphatic hydroxyl groups excluding tert-OH is 5. The van der Waals surface area contributed by atoms with Crippen molar-refractivity contribution in [2.24, 2.45) is 0 Å². The lowest BCUT2D eigenvalue weighted by Crippen LogP contribution is -2.48. The largest absolute Gasteiger partial charge is 0.394 e. The minimum atomic E-state index is -1.59. The van der Waals surface area contributed by atoms with E-state index in [1.807, 2.05) is 30.3 Å². The van der Waals surface area contributed by atoms with Crippen molar-refractivity contribution in [3.63, 3.8) is 0 Å². The van der Waals surface area contributed by atoms with E-state index in [1.165, 1.54) is 0 Å². The molecule has 0 amide bonds. The summed E-state index contributed by atoms with van der Waals surface area (Å²) in [5, 5.41) is 46.3. The van der Waals surface area contributed by atoms with E-state index in [4.69, 9.17) is 14.9 Å². The highest BCUT2D eigenvalue weighted by Crippen LogP contribution is 2.11. The Balaban J connectivity index is 2.53. The Morgan fingerprint density at radius 1 is 0.895 bits per heavy atom. The second-order valence-electron chi connectivity index (χ2n) is 4.25. The van der Waals surface area contributed by atoms with Gasteiger partial charge in [-0.15, -0.1) is 0 Å². The van der Waals surface area contributed by atoms with Crippen molar-refractivity contribution in [1.29, 1.82) is 0 Å². The molecule has 6 nitrogen and oxygen atoms in total. The molecular formula is C13H20O6. The maximum absolute atomic E-state index is 9.75. The molecule has 0 aliphatic carbocycles. The van der Waals surface area contributed by atoms with Gasteiger partial charge in [-0.1, -0.05) is 30.3 Å². The number of rotatable bonds is 8. The Morgan fingerprint density at radius 3 is 2.05 bits per heavy atom. The van der Waals surface area contributed by atoms with Gasteiger partial charge in [-0.2, -0.15) is 0 Å². The van der Waals surface area contributed by atoms with Crippen LogP contribution in [0.3, 0.4) is 0 Å². The zero-order valence-corrected chi connectivity index (χ0v) is 10.5. The van der Waals surface area contributed by atoms with Crippen molar-refractivity contribution in [3.05, 3.63) is 35.9 Å². The second-order valence-corrected chi connectivity index (χ2v) is 4.25. The molecule has 0 saturated heterocycles. The fraction of sp³-hybridized carbons (Fsp3) is 0.538. The highest BCUT2D eigenvalue weighted by Gasteiger charge is 2.31. The molecule has 0 aliphatic heterocycles. The average molecular weight is 272 g/mol. The lowest BCUT2D eigenvalue weighted by molar-refractivity contribution is -0.144. The minimum absolute atomic E-state index is 0.158. The maximum Gasteiger partial charge on any atom is 0.111 e. The molecule has 0 aliphatic rings. The van der Waals surface area contributed by atoms with Crippen LogP contribution in [0.15, 0.2) is 30.3 Å². The van der Waals surface area contributed by atoms with E-state index >= 15 is 0 Å². The van der Waals surface area contributed by atoms with Crippen LogP contribution in [-0.2, 0) is 11.3 Å². The number of hydrogen-bond acceptors (Lipinski definition) is 6. The molecular weight excluding hydrogens is 252 g/mol. The fourth-order valence-electron chi connectivity index (χ4n) is 1.59. The van der Waals surface area contributed by atoms with Gasteiger partial charge >= 0.3 is 0 Å². The van der Waals surface area contributed by atoms with Gasteiger partial charge in [0.25, 0.3) is 0 Å². The summed E-state index contributed by atoms with van der Waals surface area (Å²) in [6.07, 6.45) is -5.60. The molecule has 0 spiro atoms. The summed E-state index contributed by atoms with van der Waals surface area (Å²) in [6.45, 7) is -1.04. The maximum atomic E-state index is 9.75. The summed E-state index contributed by atoms with van der Waals surface area (Å²) in [4.78, 5) is 0. The molecule has 0 unspecified atom stereocenters. The van der Waals surface area contributed by atoms with E-state index in [0.29, 0.717) is 0 Å². The Hall–Kier alpha value is -1.02. The molecule has 1 aromatic carbocycles. The molecule has 0 fully saturated rings. The van der Waals surface area contributed by atoms with Gasteiger partial charge in [0.15, 0.2) is 0 Å². The van der Waals surface area contributed by atoms with Crippen LogP contribution >= 0.6 is 0 Å². The summed E-state index contributed by atoms with van der Waals surface area (Å²) in [6, 6.07) is 9.14. The normalized spacial score (nSPS) is 17.7. The van der Waals surface area contributed by atoms with Crippen molar-refractivity contribution in [1.82, 2.24) is 0 Å². The van der Waals surface area contributed by atoms with Gasteiger partial charge < -0.3 is 30.3 Å². The zero-order valence-electron chi connectivity index (χ0n) is 10.5. The van der Waals surface area contributed by atoms with Gasteiger partial charge in [-0.3, -0.25) is 0 Å². The van der Waals surface area contributed by atoms with Gasteiger partial charge in [0, 0.05) is 0 Å². The first kappa shape index (κ1) is 16.0. The van der Waals surface area contributed by atoms with E-state index in [2.05, 4.69) is 0 Å². The molecule has 5 N–H and O–H groups in total. The molecule has 19 heavy (non-hydrogen) atoms. The second kappa shape index (κ2) is 8.21. The molecule has 0 bridgehead atoms. The van der Waals surface area contributed by atoms with Crippen LogP contribution in [0.4, 0.5) is 0 Å². The van der Waals surface area contributed by atoms with Gasteiger partial charge in [-0.25, -0.2) is 0 Å². The Labute approximate surface area is 111 Å². The fourth-order valence-corrected chi connectivity index (χ4v) is 1.59. The lowest BCUT2D eigenvalue weighted by Gasteiger charge is -2.27. The number of aliphatic hydroxyl groups is 5. The molecule has 108 valence electrons. The smallest absolute Gasteiger partial charge is 0.111 e. The molecule has 0 saturated carbocycles. The van der Waals surface area contributed by atoms with Crippen LogP contribution in [-0.4, -0.2) is 63.2 Å². The third-order valence-corrected chi connectivity index (χ3v) is 2.80. The molecule has 0 heterocycles. The van der Waals surface area contributed by atoms with Crippen molar-refractivity contribution in [3.8, 4) is 0 Å². The number of hydrogen-bond donors (Lipinski definition) is 5. The molecule has 4 atom stereocenters. The predicted molar refractivity (Wildman–Crippen MR) is 67.2 cm³/mol. The first-order valence-electron chi connectivity index (χ1n) is 6.01. The molecule has 1 rings (SSSR count). The third kappa shape index (κ3) is 4.87. The standard InChI is InChI=1S/C13H20O6/c14-6-10(16)12(17)13(18)11(7-15)19-8-9-4-2-1-3-5-9/h1-5,10-18H,6-8H2/t10-,11+,12-,13-/m1/s1. The highest BCUT2D eigenvalue weighted by atomic mass is 16.5. The van der Waals surface area contributed by atoms with Gasteiger partial charge in [-0.05, 0) is 5.56 Å². The van der Waals surface area contributed by atoms with Crippen molar-refractivity contribution in [2.45, 2.75) is 31.0 Å².